The maximum absolute atomic E-state index is 11.6. The Morgan fingerprint density at radius 3 is 2.65 bits per heavy atom. The second-order valence-corrected chi connectivity index (χ2v) is 5.08. The lowest BCUT2D eigenvalue weighted by molar-refractivity contribution is 0.0983. The zero-order chi connectivity index (χ0) is 14.7. The molecule has 112 valence electrons. The minimum absolute atomic E-state index is 0.221. The van der Waals surface area contributed by atoms with E-state index in [0.29, 0.717) is 31.4 Å². The van der Waals surface area contributed by atoms with Crippen molar-refractivity contribution in [3.63, 3.8) is 0 Å². The number of nitrogens with zero attached hydrogens (tertiary/aromatic N) is 3. The van der Waals surface area contributed by atoms with Gasteiger partial charge in [0.25, 0.3) is 0 Å². The number of carbonyl (C=O) groups excluding carboxylic acids is 1. The Morgan fingerprint density at radius 2 is 2.15 bits per heavy atom. The second kappa shape index (κ2) is 6.02. The van der Waals surface area contributed by atoms with E-state index in [4.69, 9.17) is 10.5 Å². The van der Waals surface area contributed by atoms with Gasteiger partial charge in [0.05, 0.1) is 18.0 Å². The van der Waals surface area contributed by atoms with Gasteiger partial charge in [0.2, 0.25) is 0 Å². The first-order valence-electron chi connectivity index (χ1n) is 7.00. The van der Waals surface area contributed by atoms with Crippen LogP contribution in [0.25, 0.3) is 0 Å². The first kappa shape index (κ1) is 14.5. The van der Waals surface area contributed by atoms with E-state index in [2.05, 4.69) is 10.4 Å². The predicted molar refractivity (Wildman–Crippen MR) is 77.6 cm³/mol. The lowest BCUT2D eigenvalue weighted by Gasteiger charge is -2.32. The molecule has 3 N–H and O–H groups in total. The largest absolute Gasteiger partial charge is 0.450 e. The summed E-state index contributed by atoms with van der Waals surface area (Å²) in [7, 11) is 1.87. The van der Waals surface area contributed by atoms with Crippen LogP contribution in [-0.2, 0) is 11.8 Å². The monoisotopic (exact) mass is 281 g/mol. The van der Waals surface area contributed by atoms with E-state index in [9.17, 15) is 4.79 Å². The molecular formula is C13H23N5O2. The van der Waals surface area contributed by atoms with E-state index in [-0.39, 0.29) is 6.09 Å². The molecule has 0 unspecified atom stereocenters. The molecule has 0 aliphatic carbocycles. The van der Waals surface area contributed by atoms with Crippen molar-refractivity contribution in [2.24, 2.45) is 7.05 Å². The van der Waals surface area contributed by atoms with Crippen LogP contribution in [0, 0.1) is 6.92 Å². The lowest BCUT2D eigenvalue weighted by Crippen LogP contribution is -2.42. The molecule has 1 amide bonds. The number of likely N-dealkylation sites (tertiary alicyclic amines) is 1. The van der Waals surface area contributed by atoms with Crippen LogP contribution in [0.5, 0.6) is 0 Å². The summed E-state index contributed by atoms with van der Waals surface area (Å²) in [4.78, 5) is 13.4. The Bertz CT molecular complexity index is 477. The Kier molecular flexibility index (Phi) is 4.36. The van der Waals surface area contributed by atoms with Crippen molar-refractivity contribution >= 4 is 17.6 Å². The van der Waals surface area contributed by atoms with Crippen LogP contribution in [0.4, 0.5) is 16.3 Å². The third-order valence-electron chi connectivity index (χ3n) is 3.63. The van der Waals surface area contributed by atoms with Gasteiger partial charge in [-0.25, -0.2) is 4.79 Å². The first-order valence-corrected chi connectivity index (χ1v) is 7.00. The van der Waals surface area contributed by atoms with Crippen molar-refractivity contribution < 1.29 is 9.53 Å². The maximum atomic E-state index is 11.6. The number of carbonyl (C=O) groups is 1. The molecule has 0 bridgehead atoms. The number of anilines is 2. The van der Waals surface area contributed by atoms with Crippen molar-refractivity contribution in [2.45, 2.75) is 32.7 Å². The first-order chi connectivity index (χ1) is 9.52. The van der Waals surface area contributed by atoms with Gasteiger partial charge in [0.1, 0.15) is 5.82 Å². The topological polar surface area (TPSA) is 85.4 Å². The Labute approximate surface area is 119 Å². The van der Waals surface area contributed by atoms with Crippen molar-refractivity contribution in [3.05, 3.63) is 5.69 Å². The number of aromatic nitrogens is 2. The van der Waals surface area contributed by atoms with Crippen LogP contribution >= 0.6 is 0 Å². The number of nitrogen functional groups attached to an aromatic ring is 1. The molecule has 0 atom stereocenters. The van der Waals surface area contributed by atoms with Crippen molar-refractivity contribution in [1.29, 1.82) is 0 Å². The number of amides is 1. The third-order valence-corrected chi connectivity index (χ3v) is 3.63. The number of rotatable bonds is 3. The highest BCUT2D eigenvalue weighted by Crippen LogP contribution is 2.24. The van der Waals surface area contributed by atoms with Gasteiger partial charge in [0.15, 0.2) is 0 Å². The number of piperidine rings is 1. The number of ether oxygens (including phenoxy) is 1. The van der Waals surface area contributed by atoms with Gasteiger partial charge in [-0.3, -0.25) is 4.68 Å². The SMILES string of the molecule is CCOC(=O)N1CCC(Nc2c(N)c(C)nn2C)CC1. The Hall–Kier alpha value is -1.92. The van der Waals surface area contributed by atoms with Gasteiger partial charge in [-0.1, -0.05) is 0 Å². The quantitative estimate of drug-likeness (QED) is 0.873. The van der Waals surface area contributed by atoms with Crippen molar-refractivity contribution in [1.82, 2.24) is 14.7 Å². The highest BCUT2D eigenvalue weighted by atomic mass is 16.6. The van der Waals surface area contributed by atoms with Gasteiger partial charge in [0, 0.05) is 26.2 Å². The lowest BCUT2D eigenvalue weighted by atomic mass is 10.1. The molecule has 0 spiro atoms. The molecule has 1 fully saturated rings. The van der Waals surface area contributed by atoms with Gasteiger partial charge in [-0.15, -0.1) is 0 Å². The number of nitrogens with one attached hydrogen (secondary N) is 1. The smallest absolute Gasteiger partial charge is 0.409 e. The van der Waals surface area contributed by atoms with Crippen molar-refractivity contribution in [2.75, 3.05) is 30.7 Å². The molecule has 1 aromatic rings. The fourth-order valence-corrected chi connectivity index (χ4v) is 2.46. The van der Waals surface area contributed by atoms with Gasteiger partial charge in [-0.05, 0) is 26.7 Å². The Morgan fingerprint density at radius 1 is 1.50 bits per heavy atom. The molecule has 0 radical (unpaired) electrons. The summed E-state index contributed by atoms with van der Waals surface area (Å²) in [5.41, 5.74) is 7.53. The zero-order valence-corrected chi connectivity index (χ0v) is 12.3. The molecule has 20 heavy (non-hydrogen) atoms. The summed E-state index contributed by atoms with van der Waals surface area (Å²) in [5, 5.41) is 7.71. The number of hydrogen-bond donors (Lipinski definition) is 2. The minimum atomic E-state index is -0.221. The van der Waals surface area contributed by atoms with E-state index < -0.39 is 0 Å². The van der Waals surface area contributed by atoms with Gasteiger partial charge >= 0.3 is 6.09 Å². The van der Waals surface area contributed by atoms with Crippen LogP contribution in [0.3, 0.4) is 0 Å². The second-order valence-electron chi connectivity index (χ2n) is 5.08. The van der Waals surface area contributed by atoms with E-state index >= 15 is 0 Å². The minimum Gasteiger partial charge on any atom is -0.450 e. The fourth-order valence-electron chi connectivity index (χ4n) is 2.46. The van der Waals surface area contributed by atoms with Crippen LogP contribution in [0.1, 0.15) is 25.5 Å². The van der Waals surface area contributed by atoms with Gasteiger partial charge in [-0.2, -0.15) is 5.10 Å². The highest BCUT2D eigenvalue weighted by Gasteiger charge is 2.24. The summed E-state index contributed by atoms with van der Waals surface area (Å²) in [6, 6.07) is 0.303. The maximum Gasteiger partial charge on any atom is 0.409 e. The highest BCUT2D eigenvalue weighted by molar-refractivity contribution is 5.68. The van der Waals surface area contributed by atoms with Crippen molar-refractivity contribution in [3.8, 4) is 0 Å². The summed E-state index contributed by atoms with van der Waals surface area (Å²) in [6.45, 7) is 5.53. The Balaban J connectivity index is 1.90. The molecule has 1 aromatic heterocycles. The number of aryl methyl sites for hydroxylation is 2. The third kappa shape index (κ3) is 2.97. The number of nitrogens with two attached hydrogens (primary N) is 1. The molecule has 7 heteroatoms. The molecule has 0 aromatic carbocycles. The number of hydrogen-bond acceptors (Lipinski definition) is 5. The van der Waals surface area contributed by atoms with Gasteiger partial charge < -0.3 is 20.7 Å². The summed E-state index contributed by atoms with van der Waals surface area (Å²) in [6.07, 6.45) is 1.53. The predicted octanol–water partition coefficient (Wildman–Crippen LogP) is 1.34. The molecule has 1 aliphatic heterocycles. The van der Waals surface area contributed by atoms with E-state index in [1.807, 2.05) is 20.9 Å². The van der Waals surface area contributed by atoms with E-state index in [1.165, 1.54) is 0 Å². The standard InChI is InChI=1S/C13H23N5O2/c1-4-20-13(19)18-7-5-10(6-8-18)15-12-11(14)9(2)16-17(12)3/h10,15H,4-8,14H2,1-3H3. The fraction of sp³-hybridized carbons (Fsp3) is 0.692. The molecule has 1 saturated heterocycles. The van der Waals surface area contributed by atoms with Crippen LogP contribution in [0.2, 0.25) is 0 Å². The molecule has 2 rings (SSSR count). The summed E-state index contributed by atoms with van der Waals surface area (Å²) >= 11 is 0. The summed E-state index contributed by atoms with van der Waals surface area (Å²) < 4.78 is 6.78. The molecule has 2 heterocycles. The summed E-state index contributed by atoms with van der Waals surface area (Å²) in [5.74, 6) is 0.858. The molecule has 7 nitrogen and oxygen atoms in total. The van der Waals surface area contributed by atoms with E-state index in [1.54, 1.807) is 9.58 Å². The zero-order valence-electron chi connectivity index (χ0n) is 12.3. The van der Waals surface area contributed by atoms with E-state index in [0.717, 1.165) is 24.4 Å². The molecule has 1 aliphatic rings. The van der Waals surface area contributed by atoms with Crippen LogP contribution < -0.4 is 11.1 Å². The normalized spacial score (nSPS) is 16.2. The molecular weight excluding hydrogens is 258 g/mol. The average molecular weight is 281 g/mol. The van der Waals surface area contributed by atoms with Crippen LogP contribution in [-0.4, -0.2) is 46.5 Å². The van der Waals surface area contributed by atoms with Crippen LogP contribution in [0.15, 0.2) is 0 Å². The average Bonchev–Trinajstić information content (AvgIpc) is 2.66. The molecule has 0 saturated carbocycles.